The van der Waals surface area contributed by atoms with Crippen LogP contribution >= 0.6 is 0 Å². The highest BCUT2D eigenvalue weighted by Gasteiger charge is 2.35. The number of hydrogen-bond acceptors (Lipinski definition) is 2. The van der Waals surface area contributed by atoms with Crippen molar-refractivity contribution < 1.29 is 0 Å². The van der Waals surface area contributed by atoms with Gasteiger partial charge in [-0.25, -0.2) is 9.97 Å². The molecule has 0 spiro atoms. The molecule has 1 aliphatic carbocycles. The van der Waals surface area contributed by atoms with Crippen LogP contribution in [0.25, 0.3) is 111 Å². The van der Waals surface area contributed by atoms with Crippen LogP contribution in [0.15, 0.2) is 218 Å². The highest BCUT2D eigenvalue weighted by Crippen LogP contribution is 2.50. The van der Waals surface area contributed by atoms with Gasteiger partial charge in [0.2, 0.25) is 0 Å². The molecule has 1 heterocycles. The van der Waals surface area contributed by atoms with Gasteiger partial charge in [0.25, 0.3) is 0 Å². The van der Waals surface area contributed by atoms with Crippen LogP contribution in [-0.4, -0.2) is 9.97 Å². The third-order valence-corrected chi connectivity index (χ3v) is 13.3. The molecule has 2 heteroatoms. The van der Waals surface area contributed by atoms with Crippen LogP contribution in [0, 0.1) is 0 Å². The molecule has 0 fully saturated rings. The maximum absolute atomic E-state index is 5.30. The van der Waals surface area contributed by atoms with Crippen molar-refractivity contribution in [2.24, 2.45) is 0 Å². The van der Waals surface area contributed by atoms with Crippen molar-refractivity contribution in [1.29, 1.82) is 0 Å². The van der Waals surface area contributed by atoms with E-state index in [0.717, 1.165) is 33.6 Å². The maximum atomic E-state index is 5.30. The SMILES string of the molecule is CC1(C)c2ccccc2-c2ccc(-c3ccccc3-c3cc(-c4ccc(-c5c6ccccc6c(-c6ccccc6)c6c5ccc5ccccc56)cc4)nc(-c4ccccc4)n3)cc21. The van der Waals surface area contributed by atoms with Crippen LogP contribution in [0.5, 0.6) is 0 Å². The van der Waals surface area contributed by atoms with Gasteiger partial charge in [0.15, 0.2) is 5.82 Å². The Balaban J connectivity index is 1.01. The van der Waals surface area contributed by atoms with Crippen molar-refractivity contribution in [2.45, 2.75) is 19.3 Å². The number of nitrogens with zero attached hydrogens (tertiary/aromatic N) is 2. The van der Waals surface area contributed by atoms with Gasteiger partial charge in [0.1, 0.15) is 0 Å². The minimum absolute atomic E-state index is 0.0953. The summed E-state index contributed by atoms with van der Waals surface area (Å²) >= 11 is 0. The summed E-state index contributed by atoms with van der Waals surface area (Å²) in [5.74, 6) is 0.702. The monoisotopic (exact) mass is 802 g/mol. The summed E-state index contributed by atoms with van der Waals surface area (Å²) in [6, 6.07) is 79.1. The molecule has 2 nitrogen and oxygen atoms in total. The van der Waals surface area contributed by atoms with Crippen molar-refractivity contribution in [1.82, 2.24) is 9.97 Å². The third-order valence-electron chi connectivity index (χ3n) is 13.3. The predicted octanol–water partition coefficient (Wildman–Crippen LogP) is 16.2. The quantitative estimate of drug-likeness (QED) is 0.124. The van der Waals surface area contributed by atoms with Crippen LogP contribution < -0.4 is 0 Å². The second-order valence-electron chi connectivity index (χ2n) is 17.3. The predicted molar refractivity (Wildman–Crippen MR) is 265 cm³/mol. The molecule has 11 aromatic rings. The van der Waals surface area contributed by atoms with Gasteiger partial charge in [-0.1, -0.05) is 220 Å². The average Bonchev–Trinajstić information content (AvgIpc) is 3.58. The first-order chi connectivity index (χ1) is 31.0. The average molecular weight is 803 g/mol. The van der Waals surface area contributed by atoms with Crippen LogP contribution in [0.1, 0.15) is 25.0 Å². The summed E-state index contributed by atoms with van der Waals surface area (Å²) in [5, 5.41) is 7.49. The molecule has 0 bridgehead atoms. The molecule has 0 saturated heterocycles. The number of aromatic nitrogens is 2. The highest BCUT2D eigenvalue weighted by molar-refractivity contribution is 6.27. The third kappa shape index (κ3) is 6.02. The fourth-order valence-electron chi connectivity index (χ4n) is 10.3. The fourth-order valence-corrected chi connectivity index (χ4v) is 10.3. The summed E-state index contributed by atoms with van der Waals surface area (Å²) < 4.78 is 0. The molecule has 1 aliphatic rings. The normalized spacial score (nSPS) is 12.7. The molecule has 0 aliphatic heterocycles. The van der Waals surface area contributed by atoms with Gasteiger partial charge in [-0.3, -0.25) is 0 Å². The van der Waals surface area contributed by atoms with E-state index in [2.05, 4.69) is 226 Å². The van der Waals surface area contributed by atoms with Crippen molar-refractivity contribution in [2.75, 3.05) is 0 Å². The van der Waals surface area contributed by atoms with Crippen LogP contribution in [-0.2, 0) is 5.41 Å². The van der Waals surface area contributed by atoms with Gasteiger partial charge >= 0.3 is 0 Å². The van der Waals surface area contributed by atoms with Gasteiger partial charge in [-0.15, -0.1) is 0 Å². The lowest BCUT2D eigenvalue weighted by Crippen LogP contribution is -2.14. The molecule has 0 radical (unpaired) electrons. The zero-order valence-corrected chi connectivity index (χ0v) is 35.2. The first-order valence-electron chi connectivity index (χ1n) is 21.8. The smallest absolute Gasteiger partial charge is 0.160 e. The van der Waals surface area contributed by atoms with E-state index in [-0.39, 0.29) is 5.41 Å². The summed E-state index contributed by atoms with van der Waals surface area (Å²) in [7, 11) is 0. The number of benzene rings is 10. The van der Waals surface area contributed by atoms with Crippen molar-refractivity contribution in [3.8, 4) is 78.4 Å². The Labute approximate surface area is 367 Å². The molecule has 0 unspecified atom stereocenters. The van der Waals surface area contributed by atoms with Crippen LogP contribution in [0.4, 0.5) is 0 Å². The van der Waals surface area contributed by atoms with Crippen molar-refractivity contribution in [3.63, 3.8) is 0 Å². The summed E-state index contributed by atoms with van der Waals surface area (Å²) in [6.45, 7) is 4.68. The largest absolute Gasteiger partial charge is 0.228 e. The minimum Gasteiger partial charge on any atom is -0.228 e. The zero-order valence-electron chi connectivity index (χ0n) is 35.2. The Kier molecular flexibility index (Phi) is 8.55. The molecule has 0 amide bonds. The Morgan fingerprint density at radius 3 is 1.62 bits per heavy atom. The Morgan fingerprint density at radius 1 is 0.317 bits per heavy atom. The van der Waals surface area contributed by atoms with Crippen LogP contribution in [0.2, 0.25) is 0 Å². The Bertz CT molecular complexity index is 3570. The van der Waals surface area contributed by atoms with E-state index < -0.39 is 0 Å². The maximum Gasteiger partial charge on any atom is 0.160 e. The van der Waals surface area contributed by atoms with Crippen molar-refractivity contribution >= 4 is 32.3 Å². The molecule has 0 N–H and O–H groups in total. The Morgan fingerprint density at radius 2 is 0.857 bits per heavy atom. The molecule has 63 heavy (non-hydrogen) atoms. The lowest BCUT2D eigenvalue weighted by atomic mass is 9.81. The molecule has 0 atom stereocenters. The lowest BCUT2D eigenvalue weighted by Gasteiger charge is -2.22. The van der Waals surface area contributed by atoms with Crippen LogP contribution in [0.3, 0.4) is 0 Å². The lowest BCUT2D eigenvalue weighted by molar-refractivity contribution is 0.660. The molecule has 10 aromatic carbocycles. The number of fused-ring (bicyclic) bond motifs is 7. The summed E-state index contributed by atoms with van der Waals surface area (Å²) in [5.41, 5.74) is 17.4. The van der Waals surface area contributed by atoms with Gasteiger partial charge < -0.3 is 0 Å². The molecule has 1 aromatic heterocycles. The van der Waals surface area contributed by atoms with Gasteiger partial charge in [0.05, 0.1) is 11.4 Å². The molecule has 12 rings (SSSR count). The number of hydrogen-bond donors (Lipinski definition) is 0. The first-order valence-corrected chi connectivity index (χ1v) is 21.8. The van der Waals surface area contributed by atoms with E-state index >= 15 is 0 Å². The highest BCUT2D eigenvalue weighted by atomic mass is 14.9. The molecule has 296 valence electrons. The fraction of sp³-hybridized carbons (Fsp3) is 0.0492. The van der Waals surface area contributed by atoms with Gasteiger partial charge in [0, 0.05) is 22.1 Å². The second kappa shape index (κ2) is 14.6. The van der Waals surface area contributed by atoms with E-state index in [4.69, 9.17) is 9.97 Å². The first kappa shape index (κ1) is 36.9. The second-order valence-corrected chi connectivity index (χ2v) is 17.3. The minimum atomic E-state index is -0.0953. The van der Waals surface area contributed by atoms with E-state index in [1.165, 1.54) is 82.4 Å². The Hall–Kier alpha value is -7.94. The molecular formula is C61H42N2. The number of rotatable bonds is 6. The van der Waals surface area contributed by atoms with E-state index in [1.807, 2.05) is 6.07 Å². The molecule has 0 saturated carbocycles. The van der Waals surface area contributed by atoms with Crippen molar-refractivity contribution in [3.05, 3.63) is 230 Å². The van der Waals surface area contributed by atoms with E-state index in [9.17, 15) is 0 Å². The zero-order chi connectivity index (χ0) is 42.1. The van der Waals surface area contributed by atoms with E-state index in [1.54, 1.807) is 0 Å². The van der Waals surface area contributed by atoms with Gasteiger partial charge in [-0.05, 0) is 100 Å². The van der Waals surface area contributed by atoms with E-state index in [0.29, 0.717) is 5.82 Å². The molecular weight excluding hydrogens is 761 g/mol. The topological polar surface area (TPSA) is 25.8 Å². The summed E-state index contributed by atoms with van der Waals surface area (Å²) in [6.07, 6.45) is 0. The van der Waals surface area contributed by atoms with Gasteiger partial charge in [-0.2, -0.15) is 0 Å². The standard InChI is InChI=1S/C61H42N2/c1-61(2)53-28-16-15-24-47(53)48-35-34-44(37-54(48)61)45-22-11-12-25-49(45)56-38-55(62-60(63-56)43-20-7-4-8-21-43)40-29-31-42(32-30-40)57-50-26-13-14-27-51(50)58(41-18-5-3-6-19-41)59-46-23-10-9-17-39(46)33-36-52(57)59/h3-38H,1-2H3. The summed E-state index contributed by atoms with van der Waals surface area (Å²) in [4.78, 5) is 10.6.